The van der Waals surface area contributed by atoms with Crippen molar-refractivity contribution in [2.75, 3.05) is 6.54 Å². The molecule has 0 spiro atoms. The third kappa shape index (κ3) is 3.07. The molecule has 0 bridgehead atoms. The summed E-state index contributed by atoms with van der Waals surface area (Å²) in [4.78, 5) is 14.3. The van der Waals surface area contributed by atoms with Crippen molar-refractivity contribution in [3.63, 3.8) is 0 Å². The van der Waals surface area contributed by atoms with Gasteiger partial charge < -0.3 is 4.90 Å². The molecule has 13 heavy (non-hydrogen) atoms. The molecule has 0 radical (unpaired) electrons. The molecule has 1 aliphatic rings. The average Bonchev–Trinajstić information content (AvgIpc) is 1.99. The van der Waals surface area contributed by atoms with Gasteiger partial charge in [0, 0.05) is 19.0 Å². The highest BCUT2D eigenvalue weighted by atomic mass is 32.1. The van der Waals surface area contributed by atoms with Crippen LogP contribution in [-0.4, -0.2) is 28.3 Å². The van der Waals surface area contributed by atoms with Crippen LogP contribution in [0, 0.1) is 0 Å². The SMILES string of the molecule is CC(C)N1CCCCC(=O)CC1=S. The molecule has 0 atom stereocenters. The Labute approximate surface area is 85.3 Å². The number of ketones is 1. The molecule has 3 heteroatoms. The number of carbonyl (C=O) groups excluding carboxylic acids is 1. The van der Waals surface area contributed by atoms with Gasteiger partial charge in [0.25, 0.3) is 0 Å². The van der Waals surface area contributed by atoms with Gasteiger partial charge in [-0.3, -0.25) is 4.79 Å². The average molecular weight is 199 g/mol. The van der Waals surface area contributed by atoms with Gasteiger partial charge in [0.05, 0.1) is 11.4 Å². The fraction of sp³-hybridized carbons (Fsp3) is 0.800. The first-order chi connectivity index (χ1) is 6.11. The molecule has 1 saturated heterocycles. The van der Waals surface area contributed by atoms with Crippen LogP contribution in [0.2, 0.25) is 0 Å². The van der Waals surface area contributed by atoms with Crippen molar-refractivity contribution in [2.24, 2.45) is 0 Å². The molecule has 1 heterocycles. The van der Waals surface area contributed by atoms with Crippen LogP contribution >= 0.6 is 12.2 Å². The number of thiocarbonyl (C=S) groups is 1. The molecule has 0 amide bonds. The molecule has 0 aromatic carbocycles. The van der Waals surface area contributed by atoms with Crippen LogP contribution in [0.3, 0.4) is 0 Å². The fourth-order valence-electron chi connectivity index (χ4n) is 1.63. The van der Waals surface area contributed by atoms with Crippen molar-refractivity contribution in [1.29, 1.82) is 0 Å². The third-order valence-electron chi connectivity index (χ3n) is 2.40. The molecular weight excluding hydrogens is 182 g/mol. The Bertz CT molecular complexity index is 213. The lowest BCUT2D eigenvalue weighted by atomic mass is 10.1. The molecule has 0 aromatic heterocycles. The van der Waals surface area contributed by atoms with Crippen molar-refractivity contribution in [1.82, 2.24) is 4.90 Å². The zero-order chi connectivity index (χ0) is 9.84. The van der Waals surface area contributed by atoms with Crippen LogP contribution in [0.15, 0.2) is 0 Å². The van der Waals surface area contributed by atoms with E-state index in [1.807, 2.05) is 0 Å². The van der Waals surface area contributed by atoms with E-state index in [1.54, 1.807) is 0 Å². The minimum atomic E-state index is 0.301. The molecule has 1 fully saturated rings. The van der Waals surface area contributed by atoms with Gasteiger partial charge in [-0.1, -0.05) is 12.2 Å². The van der Waals surface area contributed by atoms with E-state index in [-0.39, 0.29) is 0 Å². The molecule has 2 nitrogen and oxygen atoms in total. The summed E-state index contributed by atoms with van der Waals surface area (Å²) >= 11 is 5.23. The predicted molar refractivity (Wildman–Crippen MR) is 57.9 cm³/mol. The van der Waals surface area contributed by atoms with Gasteiger partial charge in [0.1, 0.15) is 5.78 Å². The standard InChI is InChI=1S/C10H17NOS/c1-8(2)11-6-4-3-5-9(12)7-10(11)13/h8H,3-7H2,1-2H3. The summed E-state index contributed by atoms with van der Waals surface area (Å²) in [6.07, 6.45) is 3.30. The normalized spacial score (nSPS) is 20.4. The maximum atomic E-state index is 11.3. The molecule has 1 aliphatic heterocycles. The van der Waals surface area contributed by atoms with E-state index >= 15 is 0 Å². The van der Waals surface area contributed by atoms with Crippen molar-refractivity contribution < 1.29 is 4.79 Å². The van der Waals surface area contributed by atoms with E-state index in [0.717, 1.165) is 24.4 Å². The summed E-state index contributed by atoms with van der Waals surface area (Å²) in [7, 11) is 0. The highest BCUT2D eigenvalue weighted by molar-refractivity contribution is 7.80. The first kappa shape index (κ1) is 10.6. The van der Waals surface area contributed by atoms with E-state index < -0.39 is 0 Å². The molecule has 0 unspecified atom stereocenters. The minimum Gasteiger partial charge on any atom is -0.363 e. The van der Waals surface area contributed by atoms with Gasteiger partial charge in [0.15, 0.2) is 0 Å². The zero-order valence-electron chi connectivity index (χ0n) is 8.38. The Balaban J connectivity index is 2.61. The quantitative estimate of drug-likeness (QED) is 0.604. The first-order valence-electron chi connectivity index (χ1n) is 4.92. The van der Waals surface area contributed by atoms with E-state index in [0.29, 0.717) is 24.7 Å². The number of nitrogens with zero attached hydrogens (tertiary/aromatic N) is 1. The van der Waals surface area contributed by atoms with Gasteiger partial charge in [-0.2, -0.15) is 0 Å². The molecule has 0 N–H and O–H groups in total. The Hall–Kier alpha value is -0.440. The number of hydrogen-bond donors (Lipinski definition) is 0. The molecule has 0 saturated carbocycles. The summed E-state index contributed by atoms with van der Waals surface area (Å²) in [6, 6.07) is 0.429. The van der Waals surface area contributed by atoms with Crippen LogP contribution in [0.4, 0.5) is 0 Å². The fourth-order valence-corrected chi connectivity index (χ4v) is 2.10. The lowest BCUT2D eigenvalue weighted by molar-refractivity contribution is -0.118. The van der Waals surface area contributed by atoms with Crippen LogP contribution in [0.5, 0.6) is 0 Å². The second kappa shape index (κ2) is 4.70. The number of rotatable bonds is 1. The van der Waals surface area contributed by atoms with Crippen molar-refractivity contribution in [2.45, 2.75) is 45.6 Å². The highest BCUT2D eigenvalue weighted by Gasteiger charge is 2.18. The van der Waals surface area contributed by atoms with Crippen LogP contribution in [0.1, 0.15) is 39.5 Å². The molecular formula is C10H17NOS. The maximum absolute atomic E-state index is 11.3. The first-order valence-corrected chi connectivity index (χ1v) is 5.33. The summed E-state index contributed by atoms with van der Waals surface area (Å²) in [6.45, 7) is 5.26. The van der Waals surface area contributed by atoms with Gasteiger partial charge >= 0.3 is 0 Å². The van der Waals surface area contributed by atoms with Gasteiger partial charge in [-0.05, 0) is 26.7 Å². The number of likely N-dealkylation sites (tertiary alicyclic amines) is 1. The van der Waals surface area contributed by atoms with Gasteiger partial charge in [-0.15, -0.1) is 0 Å². The monoisotopic (exact) mass is 199 g/mol. The van der Waals surface area contributed by atoms with Crippen LogP contribution in [-0.2, 0) is 4.79 Å². The lowest BCUT2D eigenvalue weighted by Crippen LogP contribution is -2.38. The summed E-state index contributed by atoms with van der Waals surface area (Å²) in [5, 5.41) is 0. The minimum absolute atomic E-state index is 0.301. The van der Waals surface area contributed by atoms with Crippen molar-refractivity contribution in [3.05, 3.63) is 0 Å². The predicted octanol–water partition coefficient (Wildman–Crippen LogP) is 2.17. The number of carbonyl (C=O) groups is 1. The van der Waals surface area contributed by atoms with E-state index in [1.165, 1.54) is 0 Å². The van der Waals surface area contributed by atoms with Crippen molar-refractivity contribution >= 4 is 23.0 Å². The Morgan fingerprint density at radius 3 is 2.69 bits per heavy atom. The molecule has 74 valence electrons. The van der Waals surface area contributed by atoms with Gasteiger partial charge in [-0.25, -0.2) is 0 Å². The Morgan fingerprint density at radius 1 is 1.38 bits per heavy atom. The van der Waals surface area contributed by atoms with Crippen LogP contribution < -0.4 is 0 Å². The molecule has 0 aliphatic carbocycles. The smallest absolute Gasteiger partial charge is 0.139 e. The van der Waals surface area contributed by atoms with E-state index in [4.69, 9.17) is 12.2 Å². The summed E-state index contributed by atoms with van der Waals surface area (Å²) in [5.41, 5.74) is 0. The second-order valence-corrected chi connectivity index (χ2v) is 4.32. The number of Topliss-reactive ketones (excluding diaryl/α,β-unsaturated/α-hetero) is 1. The molecule has 1 rings (SSSR count). The largest absolute Gasteiger partial charge is 0.363 e. The van der Waals surface area contributed by atoms with E-state index in [2.05, 4.69) is 18.7 Å². The topological polar surface area (TPSA) is 20.3 Å². The number of hydrogen-bond acceptors (Lipinski definition) is 2. The summed E-state index contributed by atoms with van der Waals surface area (Å²) < 4.78 is 0. The Kier molecular flexibility index (Phi) is 3.85. The second-order valence-electron chi connectivity index (χ2n) is 3.85. The van der Waals surface area contributed by atoms with E-state index in [9.17, 15) is 4.79 Å². The molecule has 0 aromatic rings. The summed E-state index contributed by atoms with van der Waals surface area (Å²) in [5.74, 6) is 0.301. The Morgan fingerprint density at radius 2 is 2.08 bits per heavy atom. The maximum Gasteiger partial charge on any atom is 0.139 e. The third-order valence-corrected chi connectivity index (χ3v) is 2.78. The lowest BCUT2D eigenvalue weighted by Gasteiger charge is -2.30. The van der Waals surface area contributed by atoms with Crippen LogP contribution in [0.25, 0.3) is 0 Å². The van der Waals surface area contributed by atoms with Crippen molar-refractivity contribution in [3.8, 4) is 0 Å². The van der Waals surface area contributed by atoms with Gasteiger partial charge in [0.2, 0.25) is 0 Å². The highest BCUT2D eigenvalue weighted by Crippen LogP contribution is 2.12. The zero-order valence-corrected chi connectivity index (χ0v) is 9.19.